The van der Waals surface area contributed by atoms with E-state index in [0.717, 1.165) is 31.1 Å². The van der Waals surface area contributed by atoms with Gasteiger partial charge < -0.3 is 10.6 Å². The first-order chi connectivity index (χ1) is 8.65. The van der Waals surface area contributed by atoms with Crippen molar-refractivity contribution in [3.8, 4) is 0 Å². The second-order valence-electron chi connectivity index (χ2n) is 4.62. The smallest absolute Gasteiger partial charge is 0.273 e. The molecule has 0 saturated carbocycles. The molecule has 1 unspecified atom stereocenters. The zero-order chi connectivity index (χ0) is 13.1. The summed E-state index contributed by atoms with van der Waals surface area (Å²) in [5.74, 6) is 0.0394. The number of nitrogens with two attached hydrogens (primary N) is 1. The Kier molecular flexibility index (Phi) is 4.31. The number of likely N-dealkylation sites (N-methyl/N-ethyl adjacent to an activating group) is 1. The first kappa shape index (κ1) is 13.5. The van der Waals surface area contributed by atoms with Crippen LogP contribution in [0, 0.1) is 0 Å². The van der Waals surface area contributed by atoms with Gasteiger partial charge in [-0.3, -0.25) is 9.69 Å². The molecule has 0 spiro atoms. The van der Waals surface area contributed by atoms with Gasteiger partial charge in [-0.05, 0) is 13.5 Å². The number of amides is 1. The molecule has 0 radical (unpaired) electrons. The van der Waals surface area contributed by atoms with Crippen molar-refractivity contribution in [2.45, 2.75) is 25.9 Å². The van der Waals surface area contributed by atoms with Crippen LogP contribution in [0.4, 0.5) is 0 Å². The van der Waals surface area contributed by atoms with E-state index in [0.29, 0.717) is 18.3 Å². The van der Waals surface area contributed by atoms with Crippen molar-refractivity contribution in [3.63, 3.8) is 0 Å². The fourth-order valence-electron chi connectivity index (χ4n) is 2.24. The number of rotatable bonds is 3. The lowest BCUT2D eigenvalue weighted by Crippen LogP contribution is -2.53. The third-order valence-electron chi connectivity index (χ3n) is 3.48. The Labute approximate surface area is 112 Å². The third kappa shape index (κ3) is 2.71. The molecule has 1 aliphatic heterocycles. The predicted octanol–water partition coefficient (Wildman–Crippen LogP) is 0.768. The number of piperazine rings is 1. The monoisotopic (exact) mass is 268 g/mol. The number of hydrogen-bond acceptors (Lipinski definition) is 5. The maximum atomic E-state index is 12.3. The summed E-state index contributed by atoms with van der Waals surface area (Å²) in [7, 11) is 2.12. The second kappa shape index (κ2) is 5.77. The number of aromatic nitrogens is 1. The summed E-state index contributed by atoms with van der Waals surface area (Å²) in [6.45, 7) is 5.06. The van der Waals surface area contributed by atoms with E-state index in [2.05, 4.69) is 23.9 Å². The van der Waals surface area contributed by atoms with Gasteiger partial charge in [0.15, 0.2) is 0 Å². The fourth-order valence-corrected chi connectivity index (χ4v) is 2.88. The van der Waals surface area contributed by atoms with Crippen molar-refractivity contribution in [1.29, 1.82) is 0 Å². The number of carbonyl (C=O) groups excluding carboxylic acids is 1. The van der Waals surface area contributed by atoms with Crippen LogP contribution >= 0.6 is 11.3 Å². The van der Waals surface area contributed by atoms with Gasteiger partial charge in [-0.2, -0.15) is 0 Å². The molecule has 5 nitrogen and oxygen atoms in total. The molecule has 2 N–H and O–H groups in total. The van der Waals surface area contributed by atoms with Gasteiger partial charge in [0.2, 0.25) is 0 Å². The van der Waals surface area contributed by atoms with Gasteiger partial charge in [0.1, 0.15) is 10.7 Å². The van der Waals surface area contributed by atoms with Gasteiger partial charge in [-0.25, -0.2) is 4.98 Å². The van der Waals surface area contributed by atoms with Crippen molar-refractivity contribution in [1.82, 2.24) is 14.8 Å². The van der Waals surface area contributed by atoms with Gasteiger partial charge in [0.05, 0.1) is 0 Å². The molecule has 0 aromatic carbocycles. The first-order valence-electron chi connectivity index (χ1n) is 6.29. The number of thiazole rings is 1. The molecule has 1 fully saturated rings. The number of hydrogen-bond donors (Lipinski definition) is 1. The first-order valence-corrected chi connectivity index (χ1v) is 7.17. The summed E-state index contributed by atoms with van der Waals surface area (Å²) in [4.78, 5) is 20.8. The Morgan fingerprint density at radius 2 is 2.39 bits per heavy atom. The highest BCUT2D eigenvalue weighted by atomic mass is 32.1. The minimum absolute atomic E-state index is 0.0394. The van der Waals surface area contributed by atoms with Crippen LogP contribution in [0.2, 0.25) is 0 Å². The SMILES string of the molecule is CCC1CN(C(=O)c2csc(CN)n2)CCN1C. The van der Waals surface area contributed by atoms with E-state index in [1.165, 1.54) is 11.3 Å². The molecule has 1 amide bonds. The molecule has 18 heavy (non-hydrogen) atoms. The molecule has 1 atom stereocenters. The minimum Gasteiger partial charge on any atom is -0.334 e. The molecule has 2 heterocycles. The van der Waals surface area contributed by atoms with Crippen LogP contribution in [0.5, 0.6) is 0 Å². The van der Waals surface area contributed by atoms with Crippen LogP contribution in [0.1, 0.15) is 28.8 Å². The van der Waals surface area contributed by atoms with Crippen LogP contribution in [0.3, 0.4) is 0 Å². The summed E-state index contributed by atoms with van der Waals surface area (Å²) < 4.78 is 0. The van der Waals surface area contributed by atoms with Gasteiger partial charge in [0, 0.05) is 37.6 Å². The number of carbonyl (C=O) groups is 1. The van der Waals surface area contributed by atoms with Crippen molar-refractivity contribution < 1.29 is 4.79 Å². The highest BCUT2D eigenvalue weighted by Crippen LogP contribution is 2.15. The Bertz CT molecular complexity index is 420. The molecule has 1 aromatic heterocycles. The molecule has 1 aliphatic rings. The molecule has 1 saturated heterocycles. The standard InChI is InChI=1S/C12H20N4OS/c1-3-9-7-16(5-4-15(9)2)12(17)10-8-18-11(6-13)14-10/h8-9H,3-7,13H2,1-2H3. The van der Waals surface area contributed by atoms with E-state index in [9.17, 15) is 4.79 Å². The highest BCUT2D eigenvalue weighted by Gasteiger charge is 2.27. The van der Waals surface area contributed by atoms with E-state index < -0.39 is 0 Å². The van der Waals surface area contributed by atoms with Crippen LogP contribution in [0.15, 0.2) is 5.38 Å². The lowest BCUT2D eigenvalue weighted by Gasteiger charge is -2.38. The normalized spacial score (nSPS) is 21.3. The molecule has 2 rings (SSSR count). The van der Waals surface area contributed by atoms with E-state index >= 15 is 0 Å². The van der Waals surface area contributed by atoms with Crippen molar-refractivity contribution in [2.24, 2.45) is 5.73 Å². The zero-order valence-electron chi connectivity index (χ0n) is 10.9. The summed E-state index contributed by atoms with van der Waals surface area (Å²) in [5.41, 5.74) is 6.06. The topological polar surface area (TPSA) is 62.5 Å². The molecule has 6 heteroatoms. The van der Waals surface area contributed by atoms with Crippen molar-refractivity contribution >= 4 is 17.2 Å². The molecule has 0 aliphatic carbocycles. The van der Waals surface area contributed by atoms with Gasteiger partial charge >= 0.3 is 0 Å². The summed E-state index contributed by atoms with van der Waals surface area (Å²) in [6, 6.07) is 0.454. The third-order valence-corrected chi connectivity index (χ3v) is 4.35. The van der Waals surface area contributed by atoms with Crippen LogP contribution in [-0.2, 0) is 6.54 Å². The lowest BCUT2D eigenvalue weighted by atomic mass is 10.1. The minimum atomic E-state index is 0.0394. The summed E-state index contributed by atoms with van der Waals surface area (Å²) >= 11 is 1.45. The average Bonchev–Trinajstić information content (AvgIpc) is 2.87. The Balaban J connectivity index is 2.05. The van der Waals surface area contributed by atoms with Crippen molar-refractivity contribution in [2.75, 3.05) is 26.7 Å². The van der Waals surface area contributed by atoms with Gasteiger partial charge in [0.25, 0.3) is 5.91 Å². The fraction of sp³-hybridized carbons (Fsp3) is 0.667. The highest BCUT2D eigenvalue weighted by molar-refractivity contribution is 7.09. The van der Waals surface area contributed by atoms with Crippen molar-refractivity contribution in [3.05, 3.63) is 16.1 Å². The Morgan fingerprint density at radius 1 is 1.61 bits per heavy atom. The molecular formula is C12H20N4OS. The van der Waals surface area contributed by atoms with E-state index in [4.69, 9.17) is 5.73 Å². The zero-order valence-corrected chi connectivity index (χ0v) is 11.7. The van der Waals surface area contributed by atoms with Gasteiger partial charge in [-0.15, -0.1) is 11.3 Å². The molecule has 0 bridgehead atoms. The largest absolute Gasteiger partial charge is 0.334 e. The quantitative estimate of drug-likeness (QED) is 0.879. The second-order valence-corrected chi connectivity index (χ2v) is 5.57. The summed E-state index contributed by atoms with van der Waals surface area (Å²) in [5, 5.41) is 2.63. The summed E-state index contributed by atoms with van der Waals surface area (Å²) in [6.07, 6.45) is 1.06. The van der Waals surface area contributed by atoms with Crippen LogP contribution in [0.25, 0.3) is 0 Å². The van der Waals surface area contributed by atoms with E-state index in [-0.39, 0.29) is 5.91 Å². The van der Waals surface area contributed by atoms with Gasteiger partial charge in [-0.1, -0.05) is 6.92 Å². The van der Waals surface area contributed by atoms with E-state index in [1.54, 1.807) is 0 Å². The Hall–Kier alpha value is -0.980. The Morgan fingerprint density at radius 3 is 3.00 bits per heavy atom. The average molecular weight is 268 g/mol. The van der Waals surface area contributed by atoms with Crippen LogP contribution in [-0.4, -0.2) is 53.4 Å². The maximum absolute atomic E-state index is 12.3. The molecule has 1 aromatic rings. The molecular weight excluding hydrogens is 248 g/mol. The van der Waals surface area contributed by atoms with E-state index in [1.807, 2.05) is 10.3 Å². The number of nitrogens with zero attached hydrogens (tertiary/aromatic N) is 3. The maximum Gasteiger partial charge on any atom is 0.273 e. The predicted molar refractivity (Wildman–Crippen MR) is 72.6 cm³/mol. The molecule has 100 valence electrons. The van der Waals surface area contributed by atoms with Crippen LogP contribution < -0.4 is 5.73 Å². The lowest BCUT2D eigenvalue weighted by molar-refractivity contribution is 0.0537.